The molecule has 0 spiro atoms. The van der Waals surface area contributed by atoms with E-state index in [4.69, 9.17) is 11.6 Å². The number of benzene rings is 2. The number of nitrogens with zero attached hydrogens (tertiary/aromatic N) is 1. The normalized spacial score (nSPS) is 10.9. The van der Waals surface area contributed by atoms with Crippen molar-refractivity contribution in [2.45, 2.75) is 13.8 Å². The third kappa shape index (κ3) is 2.41. The molecule has 0 aliphatic heterocycles. The molecule has 0 saturated heterocycles. The Morgan fingerprint density at radius 2 is 1.78 bits per heavy atom. The Kier molecular flexibility index (Phi) is 3.70. The quantitative estimate of drug-likeness (QED) is 0.763. The van der Waals surface area contributed by atoms with Crippen LogP contribution in [0.15, 0.2) is 42.5 Å². The number of carbonyl (C=O) groups excluding carboxylic acids is 1. The van der Waals surface area contributed by atoms with Gasteiger partial charge in [-0.15, -0.1) is 0 Å². The smallest absolute Gasteiger partial charge is 0.338 e. The summed E-state index contributed by atoms with van der Waals surface area (Å²) in [5, 5.41) is 10.5. The summed E-state index contributed by atoms with van der Waals surface area (Å²) in [5.41, 5.74) is 2.42. The van der Waals surface area contributed by atoms with E-state index < -0.39 is 5.97 Å². The Labute approximate surface area is 137 Å². The molecule has 0 bridgehead atoms. The van der Waals surface area contributed by atoms with Gasteiger partial charge in [0.15, 0.2) is 0 Å². The summed E-state index contributed by atoms with van der Waals surface area (Å²) in [5.74, 6) is -1.35. The molecule has 0 radical (unpaired) electrons. The topological polar surface area (TPSA) is 59.3 Å². The summed E-state index contributed by atoms with van der Waals surface area (Å²) in [6.07, 6.45) is 0. The first-order chi connectivity index (χ1) is 10.9. The minimum Gasteiger partial charge on any atom is -0.478 e. The lowest BCUT2D eigenvalue weighted by molar-refractivity contribution is 0.0698. The molecular formula is C18H14ClNO3. The first-order valence-electron chi connectivity index (χ1n) is 7.06. The van der Waals surface area contributed by atoms with Gasteiger partial charge in [0.05, 0.1) is 11.1 Å². The van der Waals surface area contributed by atoms with Crippen molar-refractivity contribution in [1.29, 1.82) is 0 Å². The van der Waals surface area contributed by atoms with Crippen molar-refractivity contribution < 1.29 is 14.7 Å². The first kappa shape index (κ1) is 15.3. The summed E-state index contributed by atoms with van der Waals surface area (Å²) < 4.78 is 1.43. The fourth-order valence-corrected chi connectivity index (χ4v) is 2.93. The highest BCUT2D eigenvalue weighted by atomic mass is 35.5. The molecule has 0 aliphatic carbocycles. The molecule has 0 unspecified atom stereocenters. The minimum atomic E-state index is -1.05. The molecule has 3 rings (SSSR count). The second-order valence-corrected chi connectivity index (χ2v) is 5.79. The number of para-hydroxylation sites is 1. The van der Waals surface area contributed by atoms with E-state index in [1.165, 1.54) is 4.57 Å². The number of carbonyl (C=O) groups is 2. The third-order valence-electron chi connectivity index (χ3n) is 3.95. The van der Waals surface area contributed by atoms with Crippen molar-refractivity contribution in [2.24, 2.45) is 0 Å². The largest absolute Gasteiger partial charge is 0.478 e. The molecule has 3 aromatic rings. The number of hydrogen-bond donors (Lipinski definition) is 1. The van der Waals surface area contributed by atoms with E-state index in [0.717, 1.165) is 5.56 Å². The average Bonchev–Trinajstić information content (AvgIpc) is 2.81. The van der Waals surface area contributed by atoms with Crippen molar-refractivity contribution in [3.63, 3.8) is 0 Å². The van der Waals surface area contributed by atoms with Crippen LogP contribution in [0.5, 0.6) is 0 Å². The molecule has 0 saturated carbocycles. The summed E-state index contributed by atoms with van der Waals surface area (Å²) in [7, 11) is 0. The van der Waals surface area contributed by atoms with E-state index in [1.807, 2.05) is 6.92 Å². The Hall–Kier alpha value is -2.59. The maximum atomic E-state index is 12.9. The predicted molar refractivity (Wildman–Crippen MR) is 89.6 cm³/mol. The van der Waals surface area contributed by atoms with Gasteiger partial charge in [0.2, 0.25) is 0 Å². The monoisotopic (exact) mass is 327 g/mol. The summed E-state index contributed by atoms with van der Waals surface area (Å²) in [6.45, 7) is 3.49. The Bertz CT molecular complexity index is 956. The van der Waals surface area contributed by atoms with Crippen molar-refractivity contribution in [3.8, 4) is 0 Å². The van der Waals surface area contributed by atoms with Gasteiger partial charge in [-0.2, -0.15) is 0 Å². The first-order valence-corrected chi connectivity index (χ1v) is 7.44. The van der Waals surface area contributed by atoms with E-state index in [-0.39, 0.29) is 11.5 Å². The van der Waals surface area contributed by atoms with Crippen LogP contribution in [-0.2, 0) is 0 Å². The van der Waals surface area contributed by atoms with Crippen LogP contribution in [0.2, 0.25) is 5.02 Å². The van der Waals surface area contributed by atoms with E-state index in [0.29, 0.717) is 27.2 Å². The molecule has 23 heavy (non-hydrogen) atoms. The molecule has 116 valence electrons. The van der Waals surface area contributed by atoms with Gasteiger partial charge in [0.1, 0.15) is 0 Å². The molecule has 0 fully saturated rings. The number of aromatic carboxylic acids is 1. The Morgan fingerprint density at radius 3 is 2.43 bits per heavy atom. The van der Waals surface area contributed by atoms with Gasteiger partial charge in [-0.1, -0.05) is 35.9 Å². The zero-order valence-electron chi connectivity index (χ0n) is 12.6. The second kappa shape index (κ2) is 5.56. The molecule has 2 aromatic carbocycles. The van der Waals surface area contributed by atoms with Gasteiger partial charge in [0.25, 0.3) is 5.91 Å². The standard InChI is InChI=1S/C18H14ClNO3/c1-10-7-8-12(9-14(10)19)17(21)20-11(2)16(18(22)23)13-5-3-4-6-15(13)20/h3-9H,1-2H3,(H,22,23). The highest BCUT2D eigenvalue weighted by Crippen LogP contribution is 2.27. The molecule has 1 N–H and O–H groups in total. The number of halogens is 1. The molecule has 5 heteroatoms. The number of rotatable bonds is 2. The van der Waals surface area contributed by atoms with Crippen LogP contribution in [0.4, 0.5) is 0 Å². The van der Waals surface area contributed by atoms with Crippen LogP contribution >= 0.6 is 11.6 Å². The summed E-state index contributed by atoms with van der Waals surface area (Å²) in [4.78, 5) is 24.5. The fraction of sp³-hybridized carbons (Fsp3) is 0.111. The van der Waals surface area contributed by atoms with Crippen LogP contribution in [-0.4, -0.2) is 21.6 Å². The Balaban J connectivity index is 2.27. The molecule has 4 nitrogen and oxygen atoms in total. The number of aromatic nitrogens is 1. The summed E-state index contributed by atoms with van der Waals surface area (Å²) in [6, 6.07) is 12.0. The number of carboxylic acids is 1. The highest BCUT2D eigenvalue weighted by Gasteiger charge is 2.23. The molecular weight excluding hydrogens is 314 g/mol. The summed E-state index contributed by atoms with van der Waals surface area (Å²) >= 11 is 6.10. The van der Waals surface area contributed by atoms with E-state index in [9.17, 15) is 14.7 Å². The van der Waals surface area contributed by atoms with Crippen molar-refractivity contribution >= 4 is 34.4 Å². The maximum Gasteiger partial charge on any atom is 0.338 e. The molecule has 0 aliphatic rings. The molecule has 1 heterocycles. The molecule has 0 amide bonds. The van der Waals surface area contributed by atoms with E-state index in [1.54, 1.807) is 49.4 Å². The molecule has 0 atom stereocenters. The number of aryl methyl sites for hydroxylation is 1. The van der Waals surface area contributed by atoms with Crippen molar-refractivity contribution in [1.82, 2.24) is 4.57 Å². The van der Waals surface area contributed by atoms with E-state index >= 15 is 0 Å². The number of hydrogen-bond acceptors (Lipinski definition) is 2. The average molecular weight is 328 g/mol. The van der Waals surface area contributed by atoms with Crippen LogP contribution < -0.4 is 0 Å². The van der Waals surface area contributed by atoms with Gasteiger partial charge >= 0.3 is 5.97 Å². The SMILES string of the molecule is Cc1ccc(C(=O)n2c(C)c(C(=O)O)c3ccccc32)cc1Cl. The zero-order valence-corrected chi connectivity index (χ0v) is 13.4. The Morgan fingerprint density at radius 1 is 1.09 bits per heavy atom. The van der Waals surface area contributed by atoms with Crippen LogP contribution in [0, 0.1) is 13.8 Å². The lowest BCUT2D eigenvalue weighted by Gasteiger charge is -2.08. The third-order valence-corrected chi connectivity index (χ3v) is 4.35. The van der Waals surface area contributed by atoms with E-state index in [2.05, 4.69) is 0 Å². The number of carboxylic acid groups (broad SMARTS) is 1. The fourth-order valence-electron chi connectivity index (χ4n) is 2.75. The predicted octanol–water partition coefficient (Wildman–Crippen LogP) is 4.30. The minimum absolute atomic E-state index is 0.146. The van der Waals surface area contributed by atoms with Crippen LogP contribution in [0.3, 0.4) is 0 Å². The van der Waals surface area contributed by atoms with Crippen LogP contribution in [0.25, 0.3) is 10.9 Å². The maximum absolute atomic E-state index is 12.9. The van der Waals surface area contributed by atoms with Crippen molar-refractivity contribution in [3.05, 3.63) is 69.9 Å². The van der Waals surface area contributed by atoms with Crippen molar-refractivity contribution in [2.75, 3.05) is 0 Å². The lowest BCUT2D eigenvalue weighted by atomic mass is 10.1. The van der Waals surface area contributed by atoms with Gasteiger partial charge in [0, 0.05) is 21.7 Å². The van der Waals surface area contributed by atoms with Gasteiger partial charge in [-0.05, 0) is 37.6 Å². The second-order valence-electron chi connectivity index (χ2n) is 5.39. The van der Waals surface area contributed by atoms with Gasteiger partial charge < -0.3 is 5.11 Å². The molecule has 1 aromatic heterocycles. The van der Waals surface area contributed by atoms with Gasteiger partial charge in [-0.25, -0.2) is 4.79 Å². The lowest BCUT2D eigenvalue weighted by Crippen LogP contribution is -2.14. The van der Waals surface area contributed by atoms with Gasteiger partial charge in [-0.3, -0.25) is 9.36 Å². The highest BCUT2D eigenvalue weighted by molar-refractivity contribution is 6.31. The zero-order chi connectivity index (χ0) is 16.7. The number of fused-ring (bicyclic) bond motifs is 1. The van der Waals surface area contributed by atoms with Crippen LogP contribution in [0.1, 0.15) is 32.0 Å².